The summed E-state index contributed by atoms with van der Waals surface area (Å²) in [6, 6.07) is 7.90. The van der Waals surface area contributed by atoms with Crippen LogP contribution in [0.15, 0.2) is 30.5 Å². The number of aliphatic hydroxyl groups is 1. The van der Waals surface area contributed by atoms with Crippen molar-refractivity contribution in [3.63, 3.8) is 0 Å². The number of nitrogens with zero attached hydrogens (tertiary/aromatic N) is 2. The molecule has 2 aromatic rings. The van der Waals surface area contributed by atoms with E-state index in [-0.39, 0.29) is 0 Å². The molecule has 1 atom stereocenters. The molecule has 1 fully saturated rings. The van der Waals surface area contributed by atoms with E-state index in [0.717, 1.165) is 36.5 Å². The number of aryl methyl sites for hydroxylation is 2. The second kappa shape index (κ2) is 6.10. The quantitative estimate of drug-likeness (QED) is 0.887. The highest BCUT2D eigenvalue weighted by Gasteiger charge is 2.37. The van der Waals surface area contributed by atoms with Gasteiger partial charge in [0.05, 0.1) is 6.20 Å². The standard InChI is InChI=1S/C17H23N3O2/c1-13-5-3-4-6-16(13)22-12-17(21)7-8-20(11-17)10-15-9-18-19-14(15)2/h3-6,9,21H,7-8,10-12H2,1-2H3,(H,18,19)/t17-/m0/s1. The SMILES string of the molecule is Cc1ccccc1OC[C@]1(O)CCN(Cc2cn[nH]c2C)C1. The normalized spacial score (nSPS) is 22.1. The zero-order chi connectivity index (χ0) is 15.6. The van der Waals surface area contributed by atoms with Gasteiger partial charge in [-0.3, -0.25) is 10.00 Å². The molecule has 0 spiro atoms. The van der Waals surface area contributed by atoms with Crippen molar-refractivity contribution in [1.82, 2.24) is 15.1 Å². The van der Waals surface area contributed by atoms with Crippen LogP contribution < -0.4 is 4.74 Å². The number of aromatic nitrogens is 2. The predicted octanol–water partition coefficient (Wildman–Crippen LogP) is 2.04. The minimum absolute atomic E-state index is 0.332. The number of β-amino-alcohol motifs (C(OH)–C–C–N with tert-alkyl or cyclic N) is 1. The van der Waals surface area contributed by atoms with Gasteiger partial charge in [0.1, 0.15) is 18.0 Å². The molecule has 2 heterocycles. The van der Waals surface area contributed by atoms with Crippen molar-refractivity contribution >= 4 is 0 Å². The number of ether oxygens (including phenoxy) is 1. The van der Waals surface area contributed by atoms with Gasteiger partial charge >= 0.3 is 0 Å². The Hall–Kier alpha value is -1.85. The van der Waals surface area contributed by atoms with Gasteiger partial charge in [-0.1, -0.05) is 18.2 Å². The van der Waals surface area contributed by atoms with Crippen LogP contribution in [0.1, 0.15) is 23.2 Å². The number of para-hydroxylation sites is 1. The first-order chi connectivity index (χ1) is 10.6. The first kappa shape index (κ1) is 15.1. The summed E-state index contributed by atoms with van der Waals surface area (Å²) in [5.41, 5.74) is 2.59. The zero-order valence-electron chi connectivity index (χ0n) is 13.2. The Morgan fingerprint density at radius 3 is 2.91 bits per heavy atom. The summed E-state index contributed by atoms with van der Waals surface area (Å²) < 4.78 is 5.84. The average molecular weight is 301 g/mol. The zero-order valence-corrected chi connectivity index (χ0v) is 13.2. The molecule has 5 heteroatoms. The van der Waals surface area contributed by atoms with Gasteiger partial charge in [0.2, 0.25) is 0 Å². The number of hydrogen-bond donors (Lipinski definition) is 2. The maximum Gasteiger partial charge on any atom is 0.122 e. The fourth-order valence-electron chi connectivity index (χ4n) is 2.90. The van der Waals surface area contributed by atoms with Crippen LogP contribution in [-0.2, 0) is 6.54 Å². The second-order valence-corrected chi connectivity index (χ2v) is 6.26. The van der Waals surface area contributed by atoms with Crippen molar-refractivity contribution in [3.05, 3.63) is 47.3 Å². The predicted molar refractivity (Wildman–Crippen MR) is 84.8 cm³/mol. The molecule has 1 saturated heterocycles. The molecule has 0 saturated carbocycles. The third-order valence-electron chi connectivity index (χ3n) is 4.33. The number of H-pyrrole nitrogens is 1. The minimum atomic E-state index is -0.778. The molecule has 1 aliphatic heterocycles. The second-order valence-electron chi connectivity index (χ2n) is 6.26. The molecule has 0 bridgehead atoms. The first-order valence-corrected chi connectivity index (χ1v) is 7.68. The Morgan fingerprint density at radius 2 is 2.18 bits per heavy atom. The van der Waals surface area contributed by atoms with Crippen LogP contribution in [0.5, 0.6) is 5.75 Å². The maximum atomic E-state index is 10.7. The van der Waals surface area contributed by atoms with E-state index in [9.17, 15) is 5.11 Å². The molecule has 5 nitrogen and oxygen atoms in total. The number of nitrogens with one attached hydrogen (secondary N) is 1. The fourth-order valence-corrected chi connectivity index (χ4v) is 2.90. The largest absolute Gasteiger partial charge is 0.490 e. The smallest absolute Gasteiger partial charge is 0.122 e. The van der Waals surface area contributed by atoms with E-state index < -0.39 is 5.60 Å². The molecule has 1 aromatic heterocycles. The molecule has 1 aliphatic rings. The highest BCUT2D eigenvalue weighted by atomic mass is 16.5. The molecule has 2 N–H and O–H groups in total. The van der Waals surface area contributed by atoms with Gasteiger partial charge < -0.3 is 9.84 Å². The molecule has 0 unspecified atom stereocenters. The van der Waals surface area contributed by atoms with Crippen LogP contribution in [0.25, 0.3) is 0 Å². The van der Waals surface area contributed by atoms with Gasteiger partial charge in [-0.15, -0.1) is 0 Å². The lowest BCUT2D eigenvalue weighted by atomic mass is 10.1. The fraction of sp³-hybridized carbons (Fsp3) is 0.471. The van der Waals surface area contributed by atoms with E-state index in [1.54, 1.807) is 0 Å². The van der Waals surface area contributed by atoms with E-state index >= 15 is 0 Å². The van der Waals surface area contributed by atoms with Gasteiger partial charge in [0.15, 0.2) is 0 Å². The van der Waals surface area contributed by atoms with Crippen molar-refractivity contribution in [1.29, 1.82) is 0 Å². The van der Waals surface area contributed by atoms with Gasteiger partial charge in [-0.05, 0) is 31.9 Å². The summed E-state index contributed by atoms with van der Waals surface area (Å²) in [5, 5.41) is 17.7. The lowest BCUT2D eigenvalue weighted by molar-refractivity contribution is 0.00318. The molecule has 0 aliphatic carbocycles. The van der Waals surface area contributed by atoms with E-state index in [0.29, 0.717) is 13.2 Å². The number of likely N-dealkylation sites (tertiary alicyclic amines) is 1. The summed E-state index contributed by atoms with van der Waals surface area (Å²) in [6.07, 6.45) is 2.59. The van der Waals surface area contributed by atoms with Crippen LogP contribution in [-0.4, -0.2) is 45.5 Å². The third kappa shape index (κ3) is 3.31. The lowest BCUT2D eigenvalue weighted by Gasteiger charge is -2.24. The van der Waals surface area contributed by atoms with Crippen molar-refractivity contribution in [2.45, 2.75) is 32.4 Å². The molecule has 0 radical (unpaired) electrons. The van der Waals surface area contributed by atoms with E-state index in [1.807, 2.05) is 44.3 Å². The van der Waals surface area contributed by atoms with Crippen molar-refractivity contribution < 1.29 is 9.84 Å². The van der Waals surface area contributed by atoms with Crippen molar-refractivity contribution in [2.75, 3.05) is 19.7 Å². The lowest BCUT2D eigenvalue weighted by Crippen LogP contribution is -2.39. The van der Waals surface area contributed by atoms with Crippen LogP contribution >= 0.6 is 0 Å². The Morgan fingerprint density at radius 1 is 1.36 bits per heavy atom. The number of aromatic amines is 1. The number of hydrogen-bond acceptors (Lipinski definition) is 4. The van der Waals surface area contributed by atoms with Crippen molar-refractivity contribution in [3.8, 4) is 5.75 Å². The summed E-state index contributed by atoms with van der Waals surface area (Å²) >= 11 is 0. The summed E-state index contributed by atoms with van der Waals surface area (Å²) in [4.78, 5) is 2.25. The topological polar surface area (TPSA) is 61.4 Å². The highest BCUT2D eigenvalue weighted by molar-refractivity contribution is 5.31. The van der Waals surface area contributed by atoms with E-state index in [1.165, 1.54) is 5.56 Å². The number of benzene rings is 1. The summed E-state index contributed by atoms with van der Waals surface area (Å²) in [6.45, 7) is 6.68. The molecule has 0 amide bonds. The molecule has 3 rings (SSSR count). The van der Waals surface area contributed by atoms with Crippen LogP contribution in [0.2, 0.25) is 0 Å². The Balaban J connectivity index is 1.56. The highest BCUT2D eigenvalue weighted by Crippen LogP contribution is 2.25. The average Bonchev–Trinajstić information content (AvgIpc) is 3.06. The van der Waals surface area contributed by atoms with E-state index in [4.69, 9.17) is 4.74 Å². The molecule has 118 valence electrons. The van der Waals surface area contributed by atoms with Gasteiger partial charge in [-0.25, -0.2) is 0 Å². The minimum Gasteiger partial charge on any atom is -0.490 e. The third-order valence-corrected chi connectivity index (χ3v) is 4.33. The number of rotatable bonds is 5. The van der Waals surface area contributed by atoms with Gasteiger partial charge in [0, 0.05) is 30.9 Å². The summed E-state index contributed by atoms with van der Waals surface area (Å²) in [7, 11) is 0. The Bertz CT molecular complexity index is 640. The first-order valence-electron chi connectivity index (χ1n) is 7.68. The van der Waals surface area contributed by atoms with Crippen LogP contribution in [0, 0.1) is 13.8 Å². The molecular weight excluding hydrogens is 278 g/mol. The van der Waals surface area contributed by atoms with Gasteiger partial charge in [0.25, 0.3) is 0 Å². The molecule has 1 aromatic carbocycles. The maximum absolute atomic E-state index is 10.7. The van der Waals surface area contributed by atoms with Gasteiger partial charge in [-0.2, -0.15) is 5.10 Å². The monoisotopic (exact) mass is 301 g/mol. The van der Waals surface area contributed by atoms with Crippen LogP contribution in [0.4, 0.5) is 0 Å². The summed E-state index contributed by atoms with van der Waals surface area (Å²) in [5.74, 6) is 0.847. The molecular formula is C17H23N3O2. The van der Waals surface area contributed by atoms with E-state index in [2.05, 4.69) is 15.1 Å². The molecule has 22 heavy (non-hydrogen) atoms. The van der Waals surface area contributed by atoms with Crippen LogP contribution in [0.3, 0.4) is 0 Å². The van der Waals surface area contributed by atoms with Crippen molar-refractivity contribution in [2.24, 2.45) is 0 Å². The Kier molecular flexibility index (Phi) is 4.18. The Labute approximate surface area is 130 Å².